The van der Waals surface area contributed by atoms with Gasteiger partial charge in [-0.25, -0.2) is 26.4 Å². The van der Waals surface area contributed by atoms with Crippen molar-refractivity contribution in [3.05, 3.63) is 131 Å². The molecule has 0 bridgehead atoms. The summed E-state index contributed by atoms with van der Waals surface area (Å²) in [5.74, 6) is -3.74. The van der Waals surface area contributed by atoms with Crippen molar-refractivity contribution in [1.29, 1.82) is 0 Å². The second-order valence-corrected chi connectivity index (χ2v) is 13.2. The highest BCUT2D eigenvalue weighted by Gasteiger charge is 2.35. The van der Waals surface area contributed by atoms with Crippen LogP contribution in [0.1, 0.15) is 29.0 Å². The molecule has 0 saturated carbocycles. The number of rotatable bonds is 11. The number of piperazine rings is 1. The Balaban J connectivity index is 1.44. The molecule has 2 amide bonds. The van der Waals surface area contributed by atoms with Gasteiger partial charge in [-0.2, -0.15) is 4.31 Å². The molecule has 2 atom stereocenters. The molecule has 0 aromatic heterocycles. The lowest BCUT2D eigenvalue weighted by molar-refractivity contribution is -0.118. The molecule has 13 heteroatoms. The zero-order valence-electron chi connectivity index (χ0n) is 26.0. The Hall–Kier alpha value is -4.72. The summed E-state index contributed by atoms with van der Waals surface area (Å²) in [6, 6.07) is 20.9. The summed E-state index contributed by atoms with van der Waals surface area (Å²) < 4.78 is 77.4. The van der Waals surface area contributed by atoms with Crippen molar-refractivity contribution < 1.29 is 35.9 Å². The standard InChI is InChI=1S/C35H35F3N4O5S/c1-47-35(44)41-33(32(23-8-5-10-25(36)20-23)24-9-6-11-26(37)21-24)34(43)40-31-15-7-14-30(38)29(31)17-16-27-22-39-18-19-42(27)48(45,46)28-12-3-2-4-13-28/h2-15,20-21,27,32-33,39H,16-19,22H2,1H3,(H,40,43)(H,41,44)/t27-,33?/m0/s1. The van der Waals surface area contributed by atoms with Gasteiger partial charge < -0.3 is 20.7 Å². The minimum Gasteiger partial charge on any atom is -0.453 e. The molecule has 1 unspecified atom stereocenters. The summed E-state index contributed by atoms with van der Waals surface area (Å²) in [4.78, 5) is 26.7. The summed E-state index contributed by atoms with van der Waals surface area (Å²) in [7, 11) is -2.72. The van der Waals surface area contributed by atoms with Gasteiger partial charge in [-0.15, -0.1) is 0 Å². The topological polar surface area (TPSA) is 117 Å². The van der Waals surface area contributed by atoms with Crippen molar-refractivity contribution in [3.63, 3.8) is 0 Å². The number of anilines is 1. The summed E-state index contributed by atoms with van der Waals surface area (Å²) >= 11 is 0. The summed E-state index contributed by atoms with van der Waals surface area (Å²) in [6.45, 7) is 1.03. The molecule has 1 heterocycles. The lowest BCUT2D eigenvalue weighted by atomic mass is 9.84. The number of hydrogen-bond donors (Lipinski definition) is 3. The zero-order valence-corrected chi connectivity index (χ0v) is 26.9. The van der Waals surface area contributed by atoms with Crippen LogP contribution in [0.25, 0.3) is 0 Å². The van der Waals surface area contributed by atoms with Crippen LogP contribution in [0.3, 0.4) is 0 Å². The SMILES string of the molecule is COC(=O)NC(C(=O)Nc1cccc(F)c1CC[C@H]1CNCCN1S(=O)(=O)c1ccccc1)C(c1cccc(F)c1)c1cccc(F)c1. The van der Waals surface area contributed by atoms with Gasteiger partial charge in [-0.05, 0) is 72.5 Å². The van der Waals surface area contributed by atoms with Crippen LogP contribution in [0, 0.1) is 17.5 Å². The van der Waals surface area contributed by atoms with E-state index in [4.69, 9.17) is 4.74 Å². The maximum atomic E-state index is 15.4. The Morgan fingerprint density at radius 3 is 2.19 bits per heavy atom. The van der Waals surface area contributed by atoms with Gasteiger partial charge >= 0.3 is 6.09 Å². The normalized spacial score (nSPS) is 15.9. The Morgan fingerprint density at radius 1 is 0.917 bits per heavy atom. The maximum Gasteiger partial charge on any atom is 0.407 e. The first-order valence-corrected chi connectivity index (χ1v) is 16.7. The maximum absolute atomic E-state index is 15.4. The van der Waals surface area contributed by atoms with Gasteiger partial charge in [0, 0.05) is 42.8 Å². The highest BCUT2D eigenvalue weighted by molar-refractivity contribution is 7.89. The Morgan fingerprint density at radius 2 is 1.56 bits per heavy atom. The smallest absolute Gasteiger partial charge is 0.407 e. The molecule has 3 N–H and O–H groups in total. The van der Waals surface area contributed by atoms with Crippen molar-refractivity contribution in [3.8, 4) is 0 Å². The molecule has 252 valence electrons. The van der Waals surface area contributed by atoms with Crippen LogP contribution in [-0.2, 0) is 26.0 Å². The lowest BCUT2D eigenvalue weighted by Crippen LogP contribution is -2.53. The molecule has 1 fully saturated rings. The molecule has 9 nitrogen and oxygen atoms in total. The molecular weight excluding hydrogens is 645 g/mol. The fraction of sp³-hybridized carbons (Fsp3) is 0.257. The third-order valence-electron chi connectivity index (χ3n) is 8.24. The molecule has 5 rings (SSSR count). The number of amides is 2. The zero-order chi connectivity index (χ0) is 34.3. The molecule has 48 heavy (non-hydrogen) atoms. The first kappa shape index (κ1) is 34.6. The van der Waals surface area contributed by atoms with E-state index in [1.165, 1.54) is 71.0 Å². The molecule has 4 aromatic carbocycles. The molecule has 0 spiro atoms. The van der Waals surface area contributed by atoms with Crippen LogP contribution < -0.4 is 16.0 Å². The number of nitrogens with one attached hydrogen (secondary N) is 3. The Kier molecular flexibility index (Phi) is 11.1. The Bertz CT molecular complexity index is 1820. The van der Waals surface area contributed by atoms with E-state index in [-0.39, 0.29) is 46.7 Å². The van der Waals surface area contributed by atoms with Crippen LogP contribution in [0.2, 0.25) is 0 Å². The number of methoxy groups -OCH3 is 1. The monoisotopic (exact) mass is 680 g/mol. The third kappa shape index (κ3) is 8.04. The first-order valence-electron chi connectivity index (χ1n) is 15.3. The van der Waals surface area contributed by atoms with Gasteiger partial charge in [0.25, 0.3) is 0 Å². The van der Waals surface area contributed by atoms with Gasteiger partial charge in [0.1, 0.15) is 23.5 Å². The predicted molar refractivity (Wildman–Crippen MR) is 174 cm³/mol. The fourth-order valence-corrected chi connectivity index (χ4v) is 7.62. The van der Waals surface area contributed by atoms with Gasteiger partial charge in [0.15, 0.2) is 0 Å². The van der Waals surface area contributed by atoms with E-state index < -0.39 is 57.5 Å². The molecule has 4 aromatic rings. The van der Waals surface area contributed by atoms with Gasteiger partial charge in [-0.1, -0.05) is 48.5 Å². The van der Waals surface area contributed by atoms with E-state index in [0.717, 1.165) is 7.11 Å². The second-order valence-electron chi connectivity index (χ2n) is 11.3. The molecule has 1 saturated heterocycles. The average Bonchev–Trinajstić information content (AvgIpc) is 3.08. The van der Waals surface area contributed by atoms with Crippen molar-refractivity contribution in [1.82, 2.24) is 14.9 Å². The van der Waals surface area contributed by atoms with Crippen molar-refractivity contribution in [2.45, 2.75) is 35.7 Å². The van der Waals surface area contributed by atoms with E-state index in [0.29, 0.717) is 13.1 Å². The number of alkyl carbamates (subject to hydrolysis) is 1. The van der Waals surface area contributed by atoms with Crippen LogP contribution in [0.4, 0.5) is 23.7 Å². The number of ether oxygens (including phenoxy) is 1. The minimum absolute atomic E-state index is 0.0573. The number of hydrogen-bond acceptors (Lipinski definition) is 6. The first-order chi connectivity index (χ1) is 23.1. The van der Waals surface area contributed by atoms with Crippen molar-refractivity contribution in [2.24, 2.45) is 0 Å². The molecule has 0 aliphatic carbocycles. The molecule has 1 aliphatic rings. The van der Waals surface area contributed by atoms with Crippen molar-refractivity contribution >= 4 is 27.7 Å². The van der Waals surface area contributed by atoms with Crippen molar-refractivity contribution in [2.75, 3.05) is 32.1 Å². The average molecular weight is 681 g/mol. The van der Waals surface area contributed by atoms with E-state index in [9.17, 15) is 26.8 Å². The van der Waals surface area contributed by atoms with E-state index >= 15 is 4.39 Å². The highest BCUT2D eigenvalue weighted by atomic mass is 32.2. The van der Waals surface area contributed by atoms with E-state index in [1.54, 1.807) is 30.3 Å². The third-order valence-corrected chi connectivity index (χ3v) is 10.2. The van der Waals surface area contributed by atoms with Crippen LogP contribution in [0.5, 0.6) is 0 Å². The summed E-state index contributed by atoms with van der Waals surface area (Å²) in [5, 5.41) is 8.39. The van der Waals surface area contributed by atoms with Crippen LogP contribution in [0.15, 0.2) is 102 Å². The van der Waals surface area contributed by atoms with Gasteiger partial charge in [-0.3, -0.25) is 4.79 Å². The van der Waals surface area contributed by atoms with Gasteiger partial charge in [0.05, 0.1) is 12.0 Å². The largest absolute Gasteiger partial charge is 0.453 e. The number of halogens is 3. The second kappa shape index (κ2) is 15.5. The molecule has 0 radical (unpaired) electrons. The summed E-state index contributed by atoms with van der Waals surface area (Å²) in [5.41, 5.74) is 0.746. The molecular formula is C35H35F3N4O5S. The quantitative estimate of drug-likeness (QED) is 0.201. The van der Waals surface area contributed by atoms with E-state index in [2.05, 4.69) is 16.0 Å². The Labute approximate surface area is 277 Å². The minimum atomic E-state index is -3.82. The van der Waals surface area contributed by atoms with E-state index in [1.807, 2.05) is 0 Å². The number of carbonyl (C=O) groups is 2. The van der Waals surface area contributed by atoms with Crippen LogP contribution in [-0.4, -0.2) is 63.6 Å². The number of sulfonamides is 1. The molecule has 1 aliphatic heterocycles. The number of carbonyl (C=O) groups excluding carboxylic acids is 2. The summed E-state index contributed by atoms with van der Waals surface area (Å²) in [6.07, 6.45) is -0.694. The van der Waals surface area contributed by atoms with Crippen LogP contribution >= 0.6 is 0 Å². The highest BCUT2D eigenvalue weighted by Crippen LogP contribution is 2.32. The number of benzene rings is 4. The predicted octanol–water partition coefficient (Wildman–Crippen LogP) is 5.19. The lowest BCUT2D eigenvalue weighted by Gasteiger charge is -2.35. The fourth-order valence-electron chi connectivity index (χ4n) is 5.95. The number of nitrogens with zero attached hydrogens (tertiary/aromatic N) is 1. The van der Waals surface area contributed by atoms with Gasteiger partial charge in [0.2, 0.25) is 15.9 Å².